The third kappa shape index (κ3) is 24.5. The van der Waals surface area contributed by atoms with Crippen LogP contribution in [0.2, 0.25) is 0 Å². The number of rotatable bonds is 39. The fourth-order valence-corrected chi connectivity index (χ4v) is 8.42. The van der Waals surface area contributed by atoms with Gasteiger partial charge in [0.25, 0.3) is 0 Å². The maximum absolute atomic E-state index is 13.3. The molecule has 1 N–H and O–H groups in total. The van der Waals surface area contributed by atoms with Crippen LogP contribution in [0.4, 0.5) is 0 Å². The average Bonchev–Trinajstić information content (AvgIpc) is 3.12. The average molecular weight is 763 g/mol. The standard InChI is InChI=1S/C47H90N2O5/c1-4-7-10-13-15-16-18-21-33-46(51)53-40-43(41-54-47(52)39-42(26-19-12-9-6-3)27-20-17-14-11-8-5-2)28-22-23-34-48(44-29-24-30-44)35-36-49(37-38-50)45-31-25-32-45/h42-45,50H,4-41H2,1-3H3. The molecule has 54 heavy (non-hydrogen) atoms. The van der Waals surface area contributed by atoms with Gasteiger partial charge >= 0.3 is 11.9 Å². The van der Waals surface area contributed by atoms with Gasteiger partial charge < -0.3 is 14.6 Å². The summed E-state index contributed by atoms with van der Waals surface area (Å²) < 4.78 is 11.9. The Balaban J connectivity index is 1.86. The van der Waals surface area contributed by atoms with E-state index in [1.807, 2.05) is 0 Å². The van der Waals surface area contributed by atoms with Crippen LogP contribution in [0.3, 0.4) is 0 Å². The van der Waals surface area contributed by atoms with E-state index in [4.69, 9.17) is 9.47 Å². The lowest BCUT2D eigenvalue weighted by molar-refractivity contribution is -0.150. The number of hydrogen-bond donors (Lipinski definition) is 1. The Labute approximate surface area is 334 Å². The van der Waals surface area contributed by atoms with Gasteiger partial charge in [-0.1, -0.05) is 149 Å². The molecule has 0 amide bonds. The van der Waals surface area contributed by atoms with E-state index >= 15 is 0 Å². The lowest BCUT2D eigenvalue weighted by Crippen LogP contribution is -2.49. The lowest BCUT2D eigenvalue weighted by Gasteiger charge is -2.42. The monoisotopic (exact) mass is 763 g/mol. The van der Waals surface area contributed by atoms with Gasteiger partial charge in [-0.25, -0.2) is 0 Å². The number of unbranched alkanes of at least 4 members (excludes halogenated alkanes) is 16. The van der Waals surface area contributed by atoms with Gasteiger partial charge in [-0.2, -0.15) is 0 Å². The minimum atomic E-state index is -0.0987. The van der Waals surface area contributed by atoms with E-state index in [1.165, 1.54) is 141 Å². The predicted octanol–water partition coefficient (Wildman–Crippen LogP) is 11.8. The third-order valence-corrected chi connectivity index (χ3v) is 12.6. The molecule has 2 rings (SSSR count). The molecule has 2 unspecified atom stereocenters. The molecule has 2 aliphatic carbocycles. The topological polar surface area (TPSA) is 79.3 Å². The molecule has 2 fully saturated rings. The van der Waals surface area contributed by atoms with Crippen molar-refractivity contribution in [3.63, 3.8) is 0 Å². The highest BCUT2D eigenvalue weighted by molar-refractivity contribution is 5.70. The molecule has 7 heteroatoms. The smallest absolute Gasteiger partial charge is 0.306 e. The van der Waals surface area contributed by atoms with E-state index in [2.05, 4.69) is 30.6 Å². The van der Waals surface area contributed by atoms with E-state index in [0.717, 1.165) is 71.1 Å². The number of hydrogen-bond acceptors (Lipinski definition) is 7. The van der Waals surface area contributed by atoms with E-state index in [0.29, 0.717) is 44.1 Å². The zero-order valence-electron chi connectivity index (χ0n) is 36.2. The molecule has 2 aliphatic rings. The summed E-state index contributed by atoms with van der Waals surface area (Å²) in [6.45, 7) is 11.7. The second kappa shape index (κ2) is 33.9. The van der Waals surface area contributed by atoms with Crippen molar-refractivity contribution in [3.05, 3.63) is 0 Å². The SMILES string of the molecule is CCCCCCCCCCC(=O)OCC(CCCCN(CCN(CCO)C1CCC1)C1CCC1)COC(=O)CC(CCCCCC)CCCCCCCC. The van der Waals surface area contributed by atoms with Crippen LogP contribution in [0, 0.1) is 11.8 Å². The second-order valence-electron chi connectivity index (χ2n) is 17.4. The molecule has 0 radical (unpaired) electrons. The maximum Gasteiger partial charge on any atom is 0.306 e. The minimum Gasteiger partial charge on any atom is -0.465 e. The van der Waals surface area contributed by atoms with E-state index in [9.17, 15) is 14.7 Å². The molecule has 0 aromatic heterocycles. The first-order chi connectivity index (χ1) is 26.5. The molecular weight excluding hydrogens is 673 g/mol. The summed E-state index contributed by atoms with van der Waals surface area (Å²) >= 11 is 0. The third-order valence-electron chi connectivity index (χ3n) is 12.6. The van der Waals surface area contributed by atoms with Crippen molar-refractivity contribution in [1.82, 2.24) is 9.80 Å². The van der Waals surface area contributed by atoms with Crippen molar-refractivity contribution in [2.75, 3.05) is 46.0 Å². The van der Waals surface area contributed by atoms with Crippen LogP contribution in [-0.2, 0) is 19.1 Å². The number of nitrogens with zero attached hydrogens (tertiary/aromatic N) is 2. The number of carbonyl (C=O) groups is 2. The van der Waals surface area contributed by atoms with E-state index in [-0.39, 0.29) is 24.5 Å². The van der Waals surface area contributed by atoms with Crippen LogP contribution in [0.5, 0.6) is 0 Å². The Morgan fingerprint density at radius 1 is 0.519 bits per heavy atom. The van der Waals surface area contributed by atoms with Crippen molar-refractivity contribution in [3.8, 4) is 0 Å². The quantitative estimate of drug-likeness (QED) is 0.0493. The molecule has 2 saturated carbocycles. The number of esters is 2. The zero-order valence-corrected chi connectivity index (χ0v) is 36.2. The summed E-state index contributed by atoms with van der Waals surface area (Å²) in [5.74, 6) is 0.303. The first-order valence-corrected chi connectivity index (χ1v) is 23.9. The Bertz CT molecular complexity index is 878. The fourth-order valence-electron chi connectivity index (χ4n) is 8.42. The van der Waals surface area contributed by atoms with Crippen molar-refractivity contribution in [2.24, 2.45) is 11.8 Å². The van der Waals surface area contributed by atoms with Crippen molar-refractivity contribution in [1.29, 1.82) is 0 Å². The molecule has 0 heterocycles. The molecule has 0 spiro atoms. The van der Waals surface area contributed by atoms with Gasteiger partial charge in [0, 0.05) is 50.5 Å². The molecule has 0 aromatic carbocycles. The predicted molar refractivity (Wildman–Crippen MR) is 227 cm³/mol. The number of aliphatic hydroxyl groups excluding tert-OH is 1. The number of aliphatic hydroxyl groups is 1. The van der Waals surface area contributed by atoms with Gasteiger partial charge in [-0.3, -0.25) is 19.4 Å². The Morgan fingerprint density at radius 2 is 0.944 bits per heavy atom. The van der Waals surface area contributed by atoms with Crippen LogP contribution in [0.1, 0.15) is 220 Å². The highest BCUT2D eigenvalue weighted by atomic mass is 16.5. The first kappa shape index (κ1) is 49.0. The molecule has 318 valence electrons. The summed E-state index contributed by atoms with van der Waals surface area (Å²) in [6, 6.07) is 1.36. The van der Waals surface area contributed by atoms with Crippen LogP contribution in [-0.4, -0.2) is 84.9 Å². The largest absolute Gasteiger partial charge is 0.465 e. The second-order valence-corrected chi connectivity index (χ2v) is 17.4. The van der Waals surface area contributed by atoms with Crippen molar-refractivity contribution < 1.29 is 24.2 Å². The molecule has 0 aliphatic heterocycles. The van der Waals surface area contributed by atoms with Crippen LogP contribution >= 0.6 is 0 Å². The van der Waals surface area contributed by atoms with Gasteiger partial charge in [0.05, 0.1) is 19.8 Å². The van der Waals surface area contributed by atoms with Crippen molar-refractivity contribution >= 4 is 11.9 Å². The molecule has 2 atom stereocenters. The Morgan fingerprint density at radius 3 is 1.44 bits per heavy atom. The van der Waals surface area contributed by atoms with Crippen LogP contribution < -0.4 is 0 Å². The Kier molecular flexibility index (Phi) is 30.8. The lowest BCUT2D eigenvalue weighted by atomic mass is 9.90. The van der Waals surface area contributed by atoms with E-state index in [1.54, 1.807) is 0 Å². The van der Waals surface area contributed by atoms with Crippen molar-refractivity contribution in [2.45, 2.75) is 232 Å². The van der Waals surface area contributed by atoms with E-state index < -0.39 is 0 Å². The molecule has 0 bridgehead atoms. The minimum absolute atomic E-state index is 0.0499. The summed E-state index contributed by atoms with van der Waals surface area (Å²) in [4.78, 5) is 31.3. The maximum atomic E-state index is 13.3. The Hall–Kier alpha value is -1.18. The van der Waals surface area contributed by atoms with Gasteiger partial charge in [-0.05, 0) is 70.3 Å². The zero-order chi connectivity index (χ0) is 38.9. The van der Waals surface area contributed by atoms with Gasteiger partial charge in [0.2, 0.25) is 0 Å². The number of carbonyl (C=O) groups excluding carboxylic acids is 2. The highest BCUT2D eigenvalue weighted by Crippen LogP contribution is 2.28. The van der Waals surface area contributed by atoms with Gasteiger partial charge in [-0.15, -0.1) is 0 Å². The molecule has 0 saturated heterocycles. The van der Waals surface area contributed by atoms with Gasteiger partial charge in [0.15, 0.2) is 0 Å². The molecular formula is C47H90N2O5. The summed E-state index contributed by atoms with van der Waals surface area (Å²) in [7, 11) is 0. The highest BCUT2D eigenvalue weighted by Gasteiger charge is 2.28. The summed E-state index contributed by atoms with van der Waals surface area (Å²) in [5, 5.41) is 9.66. The molecule has 0 aromatic rings. The van der Waals surface area contributed by atoms with Crippen LogP contribution in [0.15, 0.2) is 0 Å². The normalized spacial score (nSPS) is 16.0. The molecule has 7 nitrogen and oxygen atoms in total. The summed E-state index contributed by atoms with van der Waals surface area (Å²) in [6.07, 6.45) is 36.5. The van der Waals surface area contributed by atoms with Crippen LogP contribution in [0.25, 0.3) is 0 Å². The fraction of sp³-hybridized carbons (Fsp3) is 0.957. The van der Waals surface area contributed by atoms with Gasteiger partial charge in [0.1, 0.15) is 0 Å². The first-order valence-electron chi connectivity index (χ1n) is 23.9. The summed E-state index contributed by atoms with van der Waals surface area (Å²) in [5.41, 5.74) is 0. The number of ether oxygens (including phenoxy) is 2.